The molecule has 0 amide bonds. The summed E-state index contributed by atoms with van der Waals surface area (Å²) in [6.45, 7) is 3.07. The Hall–Kier alpha value is -1.30. The molecule has 0 atom stereocenters. The predicted molar refractivity (Wildman–Crippen MR) is 60.2 cm³/mol. The average molecular weight is 202 g/mol. The van der Waals surface area contributed by atoms with Gasteiger partial charge in [-0.3, -0.25) is 16.1 Å². The Morgan fingerprint density at radius 3 is 1.79 bits per heavy atom. The minimum atomic E-state index is -0.312. The molecule has 0 unspecified atom stereocenters. The molecular weight excluding hydrogens is 180 g/mol. The van der Waals surface area contributed by atoms with E-state index in [2.05, 4.69) is 6.92 Å². The van der Waals surface area contributed by atoms with Gasteiger partial charge in [-0.25, -0.2) is 0 Å². The zero-order valence-electron chi connectivity index (χ0n) is 8.77. The smallest absolute Gasteiger partial charge is 0.192 e. The molecule has 84 valence electrons. The molecule has 0 radical (unpaired) electrons. The lowest BCUT2D eigenvalue weighted by molar-refractivity contribution is 0.674. The molecule has 0 saturated carbocycles. The van der Waals surface area contributed by atoms with Crippen LogP contribution in [-0.2, 0) is 0 Å². The van der Waals surface area contributed by atoms with Crippen molar-refractivity contribution in [3.05, 3.63) is 0 Å². The van der Waals surface area contributed by atoms with Gasteiger partial charge in [-0.15, -0.1) is 0 Å². The maximum Gasteiger partial charge on any atom is 0.192 e. The summed E-state index contributed by atoms with van der Waals surface area (Å²) in [5.41, 5.74) is 14.8. The lowest BCUT2D eigenvalue weighted by Gasteiger charge is -1.95. The van der Waals surface area contributed by atoms with E-state index in [0.29, 0.717) is 0 Å². The molecule has 0 aromatic carbocycles. The number of unbranched alkanes of at least 4 members (excludes halogenated alkanes) is 3. The highest BCUT2D eigenvalue weighted by Crippen LogP contribution is 1.95. The van der Waals surface area contributed by atoms with Gasteiger partial charge in [0.15, 0.2) is 11.9 Å². The highest BCUT2D eigenvalue weighted by molar-refractivity contribution is 5.93. The van der Waals surface area contributed by atoms with Crippen LogP contribution in [0.15, 0.2) is 0 Å². The Balaban J connectivity index is 0. The number of nitrogens with one attached hydrogen (secondary N) is 3. The van der Waals surface area contributed by atoms with Crippen LogP contribution in [0.3, 0.4) is 0 Å². The number of nitrogens with two attached hydrogens (primary N) is 3. The van der Waals surface area contributed by atoms with Gasteiger partial charge >= 0.3 is 0 Å². The first kappa shape index (κ1) is 15.2. The van der Waals surface area contributed by atoms with E-state index in [1.54, 1.807) is 0 Å². The molecule has 6 nitrogen and oxygen atoms in total. The Labute approximate surface area is 85.2 Å². The zero-order chi connectivity index (χ0) is 11.4. The van der Waals surface area contributed by atoms with Crippen molar-refractivity contribution in [1.82, 2.24) is 5.32 Å². The van der Waals surface area contributed by atoms with Crippen LogP contribution in [0.5, 0.6) is 0 Å². The van der Waals surface area contributed by atoms with Crippen LogP contribution < -0.4 is 22.5 Å². The molecular formula is C8H22N6. The summed E-state index contributed by atoms with van der Waals surface area (Å²) in [7, 11) is 0. The molecule has 0 aliphatic carbocycles. The highest BCUT2D eigenvalue weighted by Gasteiger charge is 1.83. The van der Waals surface area contributed by atoms with E-state index in [1.165, 1.54) is 25.7 Å². The van der Waals surface area contributed by atoms with E-state index in [9.17, 15) is 0 Å². The zero-order valence-corrected chi connectivity index (χ0v) is 8.77. The van der Waals surface area contributed by atoms with E-state index in [-0.39, 0.29) is 11.9 Å². The van der Waals surface area contributed by atoms with Crippen molar-refractivity contribution < 1.29 is 0 Å². The fraction of sp³-hybridized carbons (Fsp3) is 0.750. The van der Waals surface area contributed by atoms with Gasteiger partial charge < -0.3 is 17.2 Å². The third kappa shape index (κ3) is 22.4. The third-order valence-corrected chi connectivity index (χ3v) is 1.33. The summed E-state index contributed by atoms with van der Waals surface area (Å²) in [4.78, 5) is 0. The van der Waals surface area contributed by atoms with Gasteiger partial charge in [0.1, 0.15) is 0 Å². The Morgan fingerprint density at radius 1 is 1.07 bits per heavy atom. The van der Waals surface area contributed by atoms with Gasteiger partial charge in [0.25, 0.3) is 0 Å². The predicted octanol–water partition coefficient (Wildman–Crippen LogP) is -0.112. The van der Waals surface area contributed by atoms with E-state index in [4.69, 9.17) is 28.0 Å². The third-order valence-electron chi connectivity index (χ3n) is 1.33. The van der Waals surface area contributed by atoms with Crippen LogP contribution in [0.2, 0.25) is 0 Å². The van der Waals surface area contributed by atoms with Crippen LogP contribution in [0.4, 0.5) is 0 Å². The van der Waals surface area contributed by atoms with Crippen molar-refractivity contribution in [1.29, 1.82) is 10.8 Å². The van der Waals surface area contributed by atoms with E-state index in [0.717, 1.165) is 6.54 Å². The number of rotatable bonds is 4. The first-order valence-corrected chi connectivity index (χ1v) is 4.69. The lowest BCUT2D eigenvalue weighted by Crippen LogP contribution is -2.39. The van der Waals surface area contributed by atoms with Gasteiger partial charge in [-0.1, -0.05) is 26.2 Å². The molecule has 9 N–H and O–H groups in total. The fourth-order valence-corrected chi connectivity index (χ4v) is 0.716. The topological polar surface area (TPSA) is 138 Å². The first-order chi connectivity index (χ1) is 6.54. The van der Waals surface area contributed by atoms with Crippen LogP contribution in [0.25, 0.3) is 0 Å². The monoisotopic (exact) mass is 202 g/mol. The summed E-state index contributed by atoms with van der Waals surface area (Å²) in [6.07, 6.45) is 5.16. The van der Waals surface area contributed by atoms with Crippen molar-refractivity contribution in [2.45, 2.75) is 32.6 Å². The molecule has 0 heterocycles. The van der Waals surface area contributed by atoms with E-state index >= 15 is 0 Å². The lowest BCUT2D eigenvalue weighted by atomic mass is 10.2. The number of hydrogen-bond acceptors (Lipinski definition) is 3. The molecule has 0 spiro atoms. The van der Waals surface area contributed by atoms with Crippen LogP contribution in [0, 0.1) is 10.8 Å². The highest BCUT2D eigenvalue weighted by atomic mass is 15.1. The van der Waals surface area contributed by atoms with Crippen LogP contribution in [0.1, 0.15) is 32.6 Å². The standard InChI is InChI=1S/C6H15N.C2H7N5/c1-2-3-4-5-6-7;3-1(4)7-2(5)6/h2-7H2,1H3;(H7,3,4,5,6,7). The van der Waals surface area contributed by atoms with Gasteiger partial charge in [0.05, 0.1) is 0 Å². The second-order valence-corrected chi connectivity index (χ2v) is 2.80. The molecule has 0 fully saturated rings. The van der Waals surface area contributed by atoms with E-state index in [1.807, 2.05) is 5.32 Å². The molecule has 0 bridgehead atoms. The van der Waals surface area contributed by atoms with Crippen molar-refractivity contribution >= 4 is 11.9 Å². The first-order valence-electron chi connectivity index (χ1n) is 4.69. The van der Waals surface area contributed by atoms with Crippen LogP contribution >= 0.6 is 0 Å². The largest absolute Gasteiger partial charge is 0.370 e. The second kappa shape index (κ2) is 11.7. The molecule has 0 aliphatic rings. The quantitative estimate of drug-likeness (QED) is 0.215. The van der Waals surface area contributed by atoms with Crippen LogP contribution in [-0.4, -0.2) is 18.5 Å². The molecule has 0 rings (SSSR count). The molecule has 0 aliphatic heterocycles. The van der Waals surface area contributed by atoms with Gasteiger partial charge in [-0.05, 0) is 13.0 Å². The maximum atomic E-state index is 6.47. The minimum absolute atomic E-state index is 0.312. The average Bonchev–Trinajstić information content (AvgIpc) is 2.04. The summed E-state index contributed by atoms with van der Waals surface area (Å²) in [6, 6.07) is 0. The van der Waals surface area contributed by atoms with Gasteiger partial charge in [-0.2, -0.15) is 0 Å². The fourth-order valence-electron chi connectivity index (χ4n) is 0.716. The second-order valence-electron chi connectivity index (χ2n) is 2.80. The maximum absolute atomic E-state index is 6.47. The summed E-state index contributed by atoms with van der Waals surface area (Å²) in [5, 5.41) is 15.0. The van der Waals surface area contributed by atoms with Crippen molar-refractivity contribution in [2.24, 2.45) is 17.2 Å². The number of guanidine groups is 2. The Kier molecular flexibility index (Phi) is 12.7. The number of hydrogen-bond donors (Lipinski definition) is 6. The molecule has 14 heavy (non-hydrogen) atoms. The molecule has 0 saturated heterocycles. The Bertz CT molecular complexity index is 140. The molecule has 0 aromatic heterocycles. The van der Waals surface area contributed by atoms with Gasteiger partial charge in [0.2, 0.25) is 0 Å². The summed E-state index contributed by atoms with van der Waals surface area (Å²) in [5.74, 6) is -0.625. The van der Waals surface area contributed by atoms with E-state index < -0.39 is 0 Å². The summed E-state index contributed by atoms with van der Waals surface area (Å²) < 4.78 is 0. The summed E-state index contributed by atoms with van der Waals surface area (Å²) >= 11 is 0. The SMILES string of the molecule is CCCCCCN.N=C(N)NC(=N)N. The van der Waals surface area contributed by atoms with Crippen molar-refractivity contribution in [3.8, 4) is 0 Å². The molecule has 0 aromatic rings. The van der Waals surface area contributed by atoms with Gasteiger partial charge in [0, 0.05) is 0 Å². The van der Waals surface area contributed by atoms with Crippen molar-refractivity contribution in [3.63, 3.8) is 0 Å². The van der Waals surface area contributed by atoms with Crippen molar-refractivity contribution in [2.75, 3.05) is 6.54 Å². The minimum Gasteiger partial charge on any atom is -0.370 e. The normalized spacial score (nSPS) is 8.43. The Morgan fingerprint density at radius 2 is 1.57 bits per heavy atom. The molecule has 6 heteroatoms.